The van der Waals surface area contributed by atoms with E-state index in [-0.39, 0.29) is 12.5 Å². The van der Waals surface area contributed by atoms with Crippen molar-refractivity contribution in [3.63, 3.8) is 0 Å². The minimum atomic E-state index is 0.0321. The number of carbonyl (C=O) groups excluding carboxylic acids is 1. The zero-order valence-electron chi connectivity index (χ0n) is 6.45. The van der Waals surface area contributed by atoms with E-state index in [4.69, 9.17) is 9.94 Å². The molecule has 0 atom stereocenters. The maximum Gasteiger partial charge on any atom is 0.246 e. The minimum absolute atomic E-state index is 0.0321. The fourth-order valence-electron chi connectivity index (χ4n) is 0.998. The van der Waals surface area contributed by atoms with E-state index in [1.165, 1.54) is 5.06 Å². The first kappa shape index (κ1) is 8.49. The van der Waals surface area contributed by atoms with Gasteiger partial charge in [-0.3, -0.25) is 9.63 Å². The van der Waals surface area contributed by atoms with Gasteiger partial charge < -0.3 is 5.11 Å². The lowest BCUT2D eigenvalue weighted by Gasteiger charge is -2.25. The highest BCUT2D eigenvalue weighted by atomic mass is 16.7. The van der Waals surface area contributed by atoms with Crippen LogP contribution >= 0.6 is 0 Å². The van der Waals surface area contributed by atoms with Crippen LogP contribution in [0.5, 0.6) is 0 Å². The van der Waals surface area contributed by atoms with Crippen LogP contribution in [0.1, 0.15) is 19.3 Å². The molecule has 0 radical (unpaired) electrons. The Hall–Kier alpha value is -0.610. The first-order chi connectivity index (χ1) is 5.34. The molecule has 1 N–H and O–H groups in total. The number of aliphatic hydroxyl groups excluding tert-OH is 1. The molecule has 0 aromatic rings. The van der Waals surface area contributed by atoms with E-state index < -0.39 is 0 Å². The third-order valence-corrected chi connectivity index (χ3v) is 1.58. The number of carbonyl (C=O) groups is 1. The molecule has 0 aromatic heterocycles. The Morgan fingerprint density at radius 1 is 1.64 bits per heavy atom. The molecule has 4 heteroatoms. The summed E-state index contributed by atoms with van der Waals surface area (Å²) in [6, 6.07) is 0. The summed E-state index contributed by atoms with van der Waals surface area (Å²) in [6.45, 7) is 1.24. The zero-order chi connectivity index (χ0) is 8.10. The second-order valence-corrected chi connectivity index (χ2v) is 2.51. The summed E-state index contributed by atoms with van der Waals surface area (Å²) in [7, 11) is 0. The molecule has 11 heavy (non-hydrogen) atoms. The van der Waals surface area contributed by atoms with Crippen LogP contribution < -0.4 is 0 Å². The number of hydrogen-bond donors (Lipinski definition) is 1. The second-order valence-electron chi connectivity index (χ2n) is 2.51. The highest BCUT2D eigenvalue weighted by molar-refractivity contribution is 5.75. The molecule has 1 aliphatic heterocycles. The Bertz CT molecular complexity index is 138. The van der Waals surface area contributed by atoms with E-state index in [0.29, 0.717) is 26.0 Å². The number of amides is 1. The van der Waals surface area contributed by atoms with Crippen LogP contribution in [-0.2, 0) is 9.63 Å². The average Bonchev–Trinajstić information content (AvgIpc) is 2.03. The predicted molar refractivity (Wildman–Crippen MR) is 38.6 cm³/mol. The zero-order valence-corrected chi connectivity index (χ0v) is 6.45. The number of aliphatic hydroxyl groups is 1. The number of hydrogen-bond acceptors (Lipinski definition) is 3. The van der Waals surface area contributed by atoms with E-state index in [2.05, 4.69) is 0 Å². The fourth-order valence-corrected chi connectivity index (χ4v) is 0.998. The average molecular weight is 159 g/mol. The van der Waals surface area contributed by atoms with Gasteiger partial charge in [-0.25, -0.2) is 5.06 Å². The number of hydroxylamine groups is 2. The van der Waals surface area contributed by atoms with Crippen LogP contribution in [0.4, 0.5) is 0 Å². The molecular formula is C7H13NO3. The Morgan fingerprint density at radius 3 is 3.09 bits per heavy atom. The largest absolute Gasteiger partial charge is 0.396 e. The van der Waals surface area contributed by atoms with Gasteiger partial charge in [0.25, 0.3) is 0 Å². The molecule has 1 aliphatic rings. The van der Waals surface area contributed by atoms with Crippen molar-refractivity contribution < 1.29 is 14.7 Å². The van der Waals surface area contributed by atoms with Gasteiger partial charge in [0.2, 0.25) is 5.91 Å². The maximum atomic E-state index is 11.0. The van der Waals surface area contributed by atoms with Gasteiger partial charge in [-0.05, 0) is 12.8 Å². The van der Waals surface area contributed by atoms with Gasteiger partial charge in [-0.15, -0.1) is 0 Å². The van der Waals surface area contributed by atoms with Crippen LogP contribution in [0.25, 0.3) is 0 Å². The quantitative estimate of drug-likeness (QED) is 0.626. The third-order valence-electron chi connectivity index (χ3n) is 1.58. The Labute approximate surface area is 65.7 Å². The first-order valence-corrected chi connectivity index (χ1v) is 3.88. The van der Waals surface area contributed by atoms with Crippen molar-refractivity contribution in [2.24, 2.45) is 0 Å². The van der Waals surface area contributed by atoms with Gasteiger partial charge in [0, 0.05) is 13.0 Å². The molecule has 1 fully saturated rings. The lowest BCUT2D eigenvalue weighted by atomic mass is 10.3. The van der Waals surface area contributed by atoms with Crippen molar-refractivity contribution in [3.05, 3.63) is 0 Å². The lowest BCUT2D eigenvalue weighted by molar-refractivity contribution is -0.198. The molecule has 0 unspecified atom stereocenters. The fraction of sp³-hybridized carbons (Fsp3) is 0.857. The molecule has 0 saturated carbocycles. The molecular weight excluding hydrogens is 146 g/mol. The summed E-state index contributed by atoms with van der Waals surface area (Å²) >= 11 is 0. The molecule has 1 rings (SSSR count). The summed E-state index contributed by atoms with van der Waals surface area (Å²) < 4.78 is 0. The van der Waals surface area contributed by atoms with Gasteiger partial charge in [0.05, 0.1) is 13.2 Å². The second kappa shape index (κ2) is 4.31. The van der Waals surface area contributed by atoms with E-state index in [0.717, 1.165) is 6.42 Å². The SMILES string of the molecule is O=C1CCCON1CCCO. The molecule has 0 spiro atoms. The first-order valence-electron chi connectivity index (χ1n) is 3.88. The highest BCUT2D eigenvalue weighted by Gasteiger charge is 2.17. The van der Waals surface area contributed by atoms with Gasteiger partial charge in [0.15, 0.2) is 0 Å². The van der Waals surface area contributed by atoms with Crippen molar-refractivity contribution in [3.8, 4) is 0 Å². The standard InChI is InChI=1S/C7H13NO3/c9-5-2-4-8-7(10)3-1-6-11-8/h9H,1-6H2. The van der Waals surface area contributed by atoms with E-state index in [1.54, 1.807) is 0 Å². The Balaban J connectivity index is 2.24. The monoisotopic (exact) mass is 159 g/mol. The van der Waals surface area contributed by atoms with Crippen LogP contribution in [0, 0.1) is 0 Å². The van der Waals surface area contributed by atoms with Gasteiger partial charge in [-0.2, -0.15) is 0 Å². The summed E-state index contributed by atoms with van der Waals surface area (Å²) in [5.74, 6) is 0.0321. The van der Waals surface area contributed by atoms with Gasteiger partial charge in [0.1, 0.15) is 0 Å². The minimum Gasteiger partial charge on any atom is -0.396 e. The summed E-state index contributed by atoms with van der Waals surface area (Å²) in [5, 5.41) is 9.84. The highest BCUT2D eigenvalue weighted by Crippen LogP contribution is 2.07. The van der Waals surface area contributed by atoms with Crippen molar-refractivity contribution in [1.82, 2.24) is 5.06 Å². The Morgan fingerprint density at radius 2 is 2.45 bits per heavy atom. The smallest absolute Gasteiger partial charge is 0.246 e. The normalized spacial score (nSPS) is 19.0. The van der Waals surface area contributed by atoms with Crippen LogP contribution in [0.2, 0.25) is 0 Å². The van der Waals surface area contributed by atoms with Crippen LogP contribution in [-0.4, -0.2) is 35.8 Å². The molecule has 64 valence electrons. The molecule has 4 nitrogen and oxygen atoms in total. The van der Waals surface area contributed by atoms with Crippen molar-refractivity contribution >= 4 is 5.91 Å². The summed E-state index contributed by atoms with van der Waals surface area (Å²) in [4.78, 5) is 16.1. The molecule has 0 bridgehead atoms. The third kappa shape index (κ3) is 2.48. The molecule has 0 aromatic carbocycles. The summed E-state index contributed by atoms with van der Waals surface area (Å²) in [5.41, 5.74) is 0. The van der Waals surface area contributed by atoms with Crippen LogP contribution in [0.15, 0.2) is 0 Å². The van der Waals surface area contributed by atoms with Crippen LogP contribution in [0.3, 0.4) is 0 Å². The predicted octanol–water partition coefficient (Wildman–Crippen LogP) is -0.0772. The van der Waals surface area contributed by atoms with E-state index in [9.17, 15) is 4.79 Å². The Kier molecular flexibility index (Phi) is 3.32. The lowest BCUT2D eigenvalue weighted by Crippen LogP contribution is -2.36. The topological polar surface area (TPSA) is 49.8 Å². The van der Waals surface area contributed by atoms with Gasteiger partial charge >= 0.3 is 0 Å². The van der Waals surface area contributed by atoms with Crippen molar-refractivity contribution in [1.29, 1.82) is 0 Å². The molecule has 1 amide bonds. The molecule has 1 heterocycles. The molecule has 0 aliphatic carbocycles. The molecule has 1 saturated heterocycles. The maximum absolute atomic E-state index is 11.0. The van der Waals surface area contributed by atoms with Crippen molar-refractivity contribution in [2.45, 2.75) is 19.3 Å². The number of rotatable bonds is 3. The van der Waals surface area contributed by atoms with E-state index >= 15 is 0 Å². The van der Waals surface area contributed by atoms with Crippen molar-refractivity contribution in [2.75, 3.05) is 19.8 Å². The number of nitrogens with zero attached hydrogens (tertiary/aromatic N) is 1. The summed E-state index contributed by atoms with van der Waals surface area (Å²) in [6.07, 6.45) is 1.98. The van der Waals surface area contributed by atoms with E-state index in [1.807, 2.05) is 0 Å². The van der Waals surface area contributed by atoms with Gasteiger partial charge in [-0.1, -0.05) is 0 Å².